The molecule has 224 valence electrons. The largest absolute Gasteiger partial charge is 0.480 e. The number of aryl methyl sites for hydroxylation is 1. The first kappa shape index (κ1) is 29.8. The van der Waals surface area contributed by atoms with Crippen LogP contribution < -0.4 is 14.4 Å². The molecule has 1 aliphatic heterocycles. The lowest BCUT2D eigenvalue weighted by Gasteiger charge is -2.38. The highest BCUT2D eigenvalue weighted by Crippen LogP contribution is 2.42. The molecule has 0 unspecified atom stereocenters. The van der Waals surface area contributed by atoms with Crippen LogP contribution in [0.1, 0.15) is 32.3 Å². The average Bonchev–Trinajstić information content (AvgIpc) is 2.94. The van der Waals surface area contributed by atoms with Crippen LogP contribution in [0.3, 0.4) is 0 Å². The Morgan fingerprint density at radius 2 is 1.88 bits per heavy atom. The molecule has 4 aromatic rings. The summed E-state index contributed by atoms with van der Waals surface area (Å²) >= 11 is 0. The Morgan fingerprint density at radius 1 is 1.12 bits per heavy atom. The van der Waals surface area contributed by atoms with Crippen molar-refractivity contribution in [2.45, 2.75) is 43.9 Å². The number of benzene rings is 2. The number of pyridine rings is 1. The first-order valence-electron chi connectivity index (χ1n) is 13.4. The number of nitrogens with zero attached hydrogens (tertiary/aromatic N) is 4. The van der Waals surface area contributed by atoms with E-state index in [0.29, 0.717) is 47.9 Å². The number of β-amino-alcohol motifs (C(OH)–C–C–N with tert-alkyl or cyclic N) is 1. The number of sulfone groups is 1. The molecule has 3 heterocycles. The molecule has 0 spiro atoms. The summed E-state index contributed by atoms with van der Waals surface area (Å²) in [5.74, 6) is -1.07. The minimum atomic E-state index is -3.99. The van der Waals surface area contributed by atoms with E-state index in [2.05, 4.69) is 15.0 Å². The maximum atomic E-state index is 16.8. The predicted octanol–water partition coefficient (Wildman–Crippen LogP) is 4.43. The molecular formula is C29H32F2N4O6S. The molecule has 0 aliphatic carbocycles. The van der Waals surface area contributed by atoms with Crippen molar-refractivity contribution in [3.63, 3.8) is 0 Å². The van der Waals surface area contributed by atoms with Crippen LogP contribution in [0.15, 0.2) is 29.4 Å². The van der Waals surface area contributed by atoms with Gasteiger partial charge in [-0.15, -0.1) is 0 Å². The fourth-order valence-corrected chi connectivity index (χ4v) is 5.97. The van der Waals surface area contributed by atoms with Crippen LogP contribution in [0, 0.1) is 11.6 Å². The zero-order chi connectivity index (χ0) is 30.4. The van der Waals surface area contributed by atoms with Crippen LogP contribution in [-0.2, 0) is 21.0 Å². The number of hydrogen-bond donors (Lipinski definition) is 1. The van der Waals surface area contributed by atoms with E-state index >= 15 is 8.78 Å². The number of halogens is 2. The molecule has 1 saturated heterocycles. The van der Waals surface area contributed by atoms with Crippen LogP contribution in [0.25, 0.3) is 32.9 Å². The first-order valence-corrected chi connectivity index (χ1v) is 15.3. The van der Waals surface area contributed by atoms with E-state index in [1.54, 1.807) is 30.9 Å². The van der Waals surface area contributed by atoms with Crippen LogP contribution in [0.5, 0.6) is 11.6 Å². The average molecular weight is 603 g/mol. The van der Waals surface area contributed by atoms with Gasteiger partial charge in [-0.2, -0.15) is 0 Å². The molecular weight excluding hydrogens is 570 g/mol. The zero-order valence-corrected chi connectivity index (χ0v) is 24.8. The summed E-state index contributed by atoms with van der Waals surface area (Å²) in [5, 5.41) is 11.2. The van der Waals surface area contributed by atoms with E-state index in [0.717, 1.165) is 6.26 Å². The van der Waals surface area contributed by atoms with Gasteiger partial charge in [-0.25, -0.2) is 32.2 Å². The molecule has 1 N–H and O–H groups in total. The van der Waals surface area contributed by atoms with Gasteiger partial charge in [0.05, 0.1) is 12.7 Å². The van der Waals surface area contributed by atoms with E-state index < -0.39 is 32.2 Å². The Balaban J connectivity index is 1.89. The van der Waals surface area contributed by atoms with Gasteiger partial charge >= 0.3 is 0 Å². The molecule has 1 fully saturated rings. The number of ether oxygens (including phenoxy) is 3. The fourth-order valence-electron chi connectivity index (χ4n) is 5.46. The minimum absolute atomic E-state index is 0.0573. The molecule has 1 atom stereocenters. The van der Waals surface area contributed by atoms with Gasteiger partial charge in [0.25, 0.3) is 0 Å². The Hall–Kier alpha value is -3.68. The van der Waals surface area contributed by atoms with Gasteiger partial charge < -0.3 is 24.2 Å². The van der Waals surface area contributed by atoms with Crippen molar-refractivity contribution in [2.75, 3.05) is 45.3 Å². The molecule has 10 nitrogen and oxygen atoms in total. The Kier molecular flexibility index (Phi) is 7.94. The second kappa shape index (κ2) is 11.2. The Bertz CT molecular complexity index is 1800. The highest BCUT2D eigenvalue weighted by molar-refractivity contribution is 7.90. The number of aliphatic hydroxyl groups is 1. The van der Waals surface area contributed by atoms with Crippen LogP contribution in [0.2, 0.25) is 0 Å². The third-order valence-electron chi connectivity index (χ3n) is 7.31. The lowest BCUT2D eigenvalue weighted by Crippen LogP contribution is -2.46. The summed E-state index contributed by atoms with van der Waals surface area (Å²) in [5.41, 5.74) is -1.10. The molecule has 42 heavy (non-hydrogen) atoms. The predicted molar refractivity (Wildman–Crippen MR) is 154 cm³/mol. The molecule has 2 aromatic carbocycles. The van der Waals surface area contributed by atoms with Gasteiger partial charge in [-0.3, -0.25) is 0 Å². The molecule has 0 saturated carbocycles. The maximum absolute atomic E-state index is 16.8. The topological polar surface area (TPSA) is 124 Å². The van der Waals surface area contributed by atoms with Crippen molar-refractivity contribution >= 4 is 37.3 Å². The van der Waals surface area contributed by atoms with Gasteiger partial charge in [-0.1, -0.05) is 13.0 Å². The lowest BCUT2D eigenvalue weighted by atomic mass is 9.94. The van der Waals surface area contributed by atoms with Crippen molar-refractivity contribution < 1.29 is 36.5 Å². The van der Waals surface area contributed by atoms with E-state index in [9.17, 15) is 13.5 Å². The van der Waals surface area contributed by atoms with Gasteiger partial charge in [0.15, 0.2) is 12.6 Å². The summed E-state index contributed by atoms with van der Waals surface area (Å²) in [4.78, 5) is 14.6. The van der Waals surface area contributed by atoms with Crippen LogP contribution in [0.4, 0.5) is 14.6 Å². The van der Waals surface area contributed by atoms with Crippen molar-refractivity contribution in [3.8, 4) is 22.9 Å². The molecule has 1 aliphatic rings. The SMILES string of the molecule is CCc1c(F)ccc2cc(OCOC)cc(-c3nc(OC)c4c(N5CCC[C@@](C)(O)C5)nc(S(C)(=O)=O)nc4c3F)c12. The lowest BCUT2D eigenvalue weighted by molar-refractivity contribution is 0.0447. The number of piperidine rings is 1. The molecule has 0 radical (unpaired) electrons. The number of methoxy groups -OCH3 is 2. The van der Waals surface area contributed by atoms with Gasteiger partial charge in [0.2, 0.25) is 20.9 Å². The Morgan fingerprint density at radius 3 is 2.52 bits per heavy atom. The summed E-state index contributed by atoms with van der Waals surface area (Å²) < 4.78 is 73.4. The van der Waals surface area contributed by atoms with Crippen LogP contribution >= 0.6 is 0 Å². The summed E-state index contributed by atoms with van der Waals surface area (Å²) in [6.45, 7) is 3.92. The molecule has 0 amide bonds. The fraction of sp³-hybridized carbons (Fsp3) is 0.414. The summed E-state index contributed by atoms with van der Waals surface area (Å²) in [6.07, 6.45) is 2.36. The van der Waals surface area contributed by atoms with Crippen molar-refractivity contribution in [1.29, 1.82) is 0 Å². The highest BCUT2D eigenvalue weighted by atomic mass is 32.2. The van der Waals surface area contributed by atoms with Gasteiger partial charge in [-0.05, 0) is 60.7 Å². The van der Waals surface area contributed by atoms with Crippen molar-refractivity contribution in [3.05, 3.63) is 41.5 Å². The van der Waals surface area contributed by atoms with E-state index in [1.807, 2.05) is 0 Å². The second-order valence-electron chi connectivity index (χ2n) is 10.6. The summed E-state index contributed by atoms with van der Waals surface area (Å²) in [7, 11) is -1.19. The molecule has 13 heteroatoms. The first-order chi connectivity index (χ1) is 19.9. The van der Waals surface area contributed by atoms with Gasteiger partial charge in [0.1, 0.15) is 34.0 Å². The van der Waals surface area contributed by atoms with Gasteiger partial charge in [0, 0.05) is 32.0 Å². The van der Waals surface area contributed by atoms with E-state index in [1.165, 1.54) is 26.4 Å². The number of rotatable bonds is 8. The third kappa shape index (κ3) is 5.43. The monoisotopic (exact) mass is 602 g/mol. The third-order valence-corrected chi connectivity index (χ3v) is 8.15. The van der Waals surface area contributed by atoms with E-state index in [4.69, 9.17) is 14.2 Å². The highest BCUT2D eigenvalue weighted by Gasteiger charge is 2.33. The van der Waals surface area contributed by atoms with Crippen molar-refractivity contribution in [1.82, 2.24) is 15.0 Å². The molecule has 2 aromatic heterocycles. The molecule has 5 rings (SSSR count). The summed E-state index contributed by atoms with van der Waals surface area (Å²) in [6, 6.07) is 6.11. The number of hydrogen-bond acceptors (Lipinski definition) is 10. The standard InChI is InChI=1S/C29H32F2N4O6S/c1-6-18-20(30)9-8-16-12-17(41-15-39-3)13-19(21(16)18)24-23(31)25-22(27(32-24)40-4)26(34-28(33-25)42(5,37)38)35-11-7-10-29(2,36)14-35/h8-9,12-13,36H,6-7,10-11,14-15H2,1-5H3/t29-/m1/s1. The second-order valence-corrected chi connectivity index (χ2v) is 12.5. The van der Waals surface area contributed by atoms with E-state index in [-0.39, 0.29) is 47.2 Å². The number of aromatic nitrogens is 3. The zero-order valence-electron chi connectivity index (χ0n) is 24.0. The Labute approximate surface area is 242 Å². The maximum Gasteiger partial charge on any atom is 0.249 e. The van der Waals surface area contributed by atoms with Crippen LogP contribution in [-0.4, -0.2) is 74.4 Å². The minimum Gasteiger partial charge on any atom is -0.480 e. The number of anilines is 1. The number of fused-ring (bicyclic) bond motifs is 2. The normalized spacial score (nSPS) is 17.7. The smallest absolute Gasteiger partial charge is 0.249 e. The van der Waals surface area contributed by atoms with Crippen molar-refractivity contribution in [2.24, 2.45) is 0 Å². The molecule has 0 bridgehead atoms. The quantitative estimate of drug-likeness (QED) is 0.229.